The van der Waals surface area contributed by atoms with E-state index in [1.165, 1.54) is 0 Å². The summed E-state index contributed by atoms with van der Waals surface area (Å²) in [4.78, 5) is 4.68. The van der Waals surface area contributed by atoms with E-state index in [-0.39, 0.29) is 6.79 Å². The average molecular weight is 342 g/mol. The number of ether oxygens (including phenoxy) is 4. The summed E-state index contributed by atoms with van der Waals surface area (Å²) >= 11 is 0. The zero-order chi connectivity index (χ0) is 17.6. The van der Waals surface area contributed by atoms with Crippen LogP contribution in [-0.2, 0) is 0 Å². The van der Waals surface area contributed by atoms with Crippen LogP contribution in [0.4, 0.5) is 0 Å². The van der Waals surface area contributed by atoms with Crippen molar-refractivity contribution in [3.63, 3.8) is 0 Å². The lowest BCUT2D eigenvalue weighted by atomic mass is 10.1. The molecule has 1 N–H and O–H groups in total. The van der Waals surface area contributed by atoms with Gasteiger partial charge in [-0.15, -0.1) is 0 Å². The van der Waals surface area contributed by atoms with Gasteiger partial charge in [0.25, 0.3) is 0 Å². The summed E-state index contributed by atoms with van der Waals surface area (Å²) in [6.07, 6.45) is -0.583. The Labute approximate surface area is 144 Å². The van der Waals surface area contributed by atoms with E-state index < -0.39 is 6.17 Å². The van der Waals surface area contributed by atoms with E-state index in [9.17, 15) is 5.21 Å². The molecule has 130 valence electrons. The van der Waals surface area contributed by atoms with Crippen LogP contribution in [-0.4, -0.2) is 31.3 Å². The van der Waals surface area contributed by atoms with Gasteiger partial charge in [0.1, 0.15) is 0 Å². The Bertz CT molecular complexity index is 957. The van der Waals surface area contributed by atoms with Gasteiger partial charge in [-0.25, -0.2) is 5.06 Å². The first-order valence-electron chi connectivity index (χ1n) is 7.81. The second-order valence-corrected chi connectivity index (χ2v) is 5.77. The Morgan fingerprint density at radius 3 is 2.56 bits per heavy atom. The van der Waals surface area contributed by atoms with E-state index in [2.05, 4.69) is 4.99 Å². The van der Waals surface area contributed by atoms with Crippen molar-refractivity contribution < 1.29 is 24.2 Å². The highest BCUT2D eigenvalue weighted by atomic mass is 16.7. The molecule has 0 radical (unpaired) electrons. The number of fused-ring (bicyclic) bond motifs is 2. The van der Waals surface area contributed by atoms with Crippen molar-refractivity contribution >= 4 is 5.70 Å². The predicted octanol–water partition coefficient (Wildman–Crippen LogP) is 1.58. The molecule has 0 bridgehead atoms. The van der Waals surface area contributed by atoms with E-state index in [0.29, 0.717) is 28.7 Å². The summed E-state index contributed by atoms with van der Waals surface area (Å²) in [6, 6.07) is 9.14. The van der Waals surface area contributed by atoms with Crippen LogP contribution in [0.25, 0.3) is 5.70 Å². The van der Waals surface area contributed by atoms with Crippen molar-refractivity contribution in [1.29, 1.82) is 0 Å². The van der Waals surface area contributed by atoms with Gasteiger partial charge >= 0.3 is 0 Å². The summed E-state index contributed by atoms with van der Waals surface area (Å²) in [5.41, 5.74) is 1.47. The summed E-state index contributed by atoms with van der Waals surface area (Å²) < 4.78 is 21.5. The van der Waals surface area contributed by atoms with Crippen molar-refractivity contribution in [2.24, 2.45) is 4.99 Å². The standard InChI is InChI=1S/C18H18N2O5/c1-10-12-7-15(22-2)16(23-3)8-13(12)19-18(20(10)21)11-4-5-14-17(6-11)25-9-24-14/h4-8,18,21H,9H2,1-3H3. The number of hydroxylamine groups is 2. The third-order valence-corrected chi connectivity index (χ3v) is 4.42. The van der Waals surface area contributed by atoms with Crippen molar-refractivity contribution in [3.05, 3.63) is 46.5 Å². The highest BCUT2D eigenvalue weighted by Crippen LogP contribution is 2.36. The second-order valence-electron chi connectivity index (χ2n) is 5.77. The molecule has 0 spiro atoms. The topological polar surface area (TPSA) is 72.8 Å². The number of benzene rings is 2. The SMILES string of the molecule is COc1cc2c(cc1OC)=C(C)N(O)C(c1ccc3c(c1)OCO3)N=2. The van der Waals surface area contributed by atoms with Gasteiger partial charge in [0.2, 0.25) is 6.79 Å². The van der Waals surface area contributed by atoms with Gasteiger partial charge < -0.3 is 18.9 Å². The lowest BCUT2D eigenvalue weighted by Crippen LogP contribution is -2.40. The number of methoxy groups -OCH3 is 2. The number of nitrogens with zero attached hydrogens (tertiary/aromatic N) is 2. The summed E-state index contributed by atoms with van der Waals surface area (Å²) in [7, 11) is 3.16. The Morgan fingerprint density at radius 1 is 1.08 bits per heavy atom. The fraction of sp³-hybridized carbons (Fsp3) is 0.278. The van der Waals surface area contributed by atoms with Crippen LogP contribution in [0.1, 0.15) is 18.7 Å². The van der Waals surface area contributed by atoms with E-state index in [1.54, 1.807) is 14.2 Å². The zero-order valence-electron chi connectivity index (χ0n) is 14.1. The van der Waals surface area contributed by atoms with Crippen LogP contribution in [0.15, 0.2) is 35.3 Å². The molecule has 1 unspecified atom stereocenters. The molecule has 2 aliphatic rings. The normalized spacial score (nSPS) is 17.8. The molecule has 1 atom stereocenters. The molecule has 7 heteroatoms. The van der Waals surface area contributed by atoms with Gasteiger partial charge in [0.05, 0.1) is 25.3 Å². The third kappa shape index (κ3) is 2.44. The summed E-state index contributed by atoms with van der Waals surface area (Å²) in [6.45, 7) is 2.04. The molecule has 2 heterocycles. The van der Waals surface area contributed by atoms with Gasteiger partial charge in [0, 0.05) is 16.8 Å². The number of rotatable bonds is 3. The molecular formula is C18H18N2O5. The molecule has 4 rings (SSSR count). The largest absolute Gasteiger partial charge is 0.493 e. The first-order valence-corrected chi connectivity index (χ1v) is 7.81. The number of hydrogen-bond acceptors (Lipinski definition) is 7. The maximum Gasteiger partial charge on any atom is 0.231 e. The second kappa shape index (κ2) is 5.86. The van der Waals surface area contributed by atoms with Crippen LogP contribution >= 0.6 is 0 Å². The molecule has 0 saturated heterocycles. The zero-order valence-corrected chi connectivity index (χ0v) is 14.1. The molecule has 2 aliphatic heterocycles. The third-order valence-electron chi connectivity index (χ3n) is 4.42. The van der Waals surface area contributed by atoms with Crippen LogP contribution in [0.3, 0.4) is 0 Å². The van der Waals surface area contributed by atoms with Crippen molar-refractivity contribution in [2.75, 3.05) is 21.0 Å². The van der Waals surface area contributed by atoms with Crippen LogP contribution in [0, 0.1) is 0 Å². The Hall–Kier alpha value is -2.93. The van der Waals surface area contributed by atoms with Crippen LogP contribution < -0.4 is 29.5 Å². The highest BCUT2D eigenvalue weighted by Gasteiger charge is 2.25. The van der Waals surface area contributed by atoms with Gasteiger partial charge in [-0.1, -0.05) is 6.07 Å². The minimum absolute atomic E-state index is 0.203. The van der Waals surface area contributed by atoms with Crippen molar-refractivity contribution in [2.45, 2.75) is 13.1 Å². The Morgan fingerprint density at radius 2 is 1.80 bits per heavy atom. The lowest BCUT2D eigenvalue weighted by molar-refractivity contribution is -0.0707. The average Bonchev–Trinajstić information content (AvgIpc) is 3.11. The first kappa shape index (κ1) is 15.6. The number of hydrogen-bond donors (Lipinski definition) is 1. The fourth-order valence-electron chi connectivity index (χ4n) is 3.05. The Balaban J connectivity index is 1.86. The quantitative estimate of drug-likeness (QED) is 0.913. The predicted molar refractivity (Wildman–Crippen MR) is 88.3 cm³/mol. The molecule has 0 aromatic heterocycles. The monoisotopic (exact) mass is 342 g/mol. The fourth-order valence-corrected chi connectivity index (χ4v) is 3.05. The molecule has 2 aromatic carbocycles. The van der Waals surface area contributed by atoms with E-state index >= 15 is 0 Å². The van der Waals surface area contributed by atoms with E-state index in [4.69, 9.17) is 18.9 Å². The maximum atomic E-state index is 10.6. The molecule has 2 aromatic rings. The molecule has 25 heavy (non-hydrogen) atoms. The highest BCUT2D eigenvalue weighted by molar-refractivity contribution is 5.50. The maximum absolute atomic E-state index is 10.6. The molecule has 0 aliphatic carbocycles. The van der Waals surface area contributed by atoms with Gasteiger partial charge in [-0.05, 0) is 25.1 Å². The summed E-state index contributed by atoms with van der Waals surface area (Å²) in [5.74, 6) is 2.52. The first-order chi connectivity index (χ1) is 12.1. The molecule has 0 amide bonds. The van der Waals surface area contributed by atoms with Gasteiger partial charge in [-0.3, -0.25) is 10.2 Å². The van der Waals surface area contributed by atoms with Crippen molar-refractivity contribution in [1.82, 2.24) is 5.06 Å². The minimum atomic E-state index is -0.583. The summed E-state index contributed by atoms with van der Waals surface area (Å²) in [5, 5.41) is 13.3. The molecular weight excluding hydrogens is 324 g/mol. The molecule has 0 saturated carbocycles. The van der Waals surface area contributed by atoms with E-state index in [0.717, 1.165) is 21.2 Å². The minimum Gasteiger partial charge on any atom is -0.493 e. The smallest absolute Gasteiger partial charge is 0.231 e. The molecule has 7 nitrogen and oxygen atoms in total. The van der Waals surface area contributed by atoms with Gasteiger partial charge in [-0.2, -0.15) is 0 Å². The van der Waals surface area contributed by atoms with Crippen LogP contribution in [0.5, 0.6) is 23.0 Å². The van der Waals surface area contributed by atoms with Gasteiger partial charge in [0.15, 0.2) is 29.2 Å². The molecule has 0 fully saturated rings. The van der Waals surface area contributed by atoms with Crippen LogP contribution in [0.2, 0.25) is 0 Å². The van der Waals surface area contributed by atoms with Crippen molar-refractivity contribution in [3.8, 4) is 23.0 Å². The Kier molecular flexibility index (Phi) is 3.65. The lowest BCUT2D eigenvalue weighted by Gasteiger charge is -2.28. The van der Waals surface area contributed by atoms with E-state index in [1.807, 2.05) is 37.3 Å².